The Balaban J connectivity index is 2.23. The number of aryl methyl sites for hydroxylation is 1. The summed E-state index contributed by atoms with van der Waals surface area (Å²) in [4.78, 5) is 0. The van der Waals surface area contributed by atoms with Crippen molar-refractivity contribution in [3.63, 3.8) is 0 Å². The zero-order valence-corrected chi connectivity index (χ0v) is 12.9. The Morgan fingerprint density at radius 2 is 1.74 bits per heavy atom. The van der Waals surface area contributed by atoms with Crippen molar-refractivity contribution in [2.45, 2.75) is 53.0 Å². The number of ether oxygens (including phenoxy) is 1. The van der Waals surface area contributed by atoms with Gasteiger partial charge in [0, 0.05) is 6.04 Å². The zero-order chi connectivity index (χ0) is 14.1. The molecule has 0 heterocycles. The lowest BCUT2D eigenvalue weighted by Gasteiger charge is -2.13. The van der Waals surface area contributed by atoms with Gasteiger partial charge < -0.3 is 10.1 Å². The summed E-state index contributed by atoms with van der Waals surface area (Å²) in [6.45, 7) is 10.6. The van der Waals surface area contributed by atoms with Gasteiger partial charge in [-0.1, -0.05) is 32.9 Å². The van der Waals surface area contributed by atoms with Crippen LogP contribution in [0.25, 0.3) is 0 Å². The summed E-state index contributed by atoms with van der Waals surface area (Å²) in [7, 11) is 0. The number of hydrogen-bond donors (Lipinski definition) is 1. The van der Waals surface area contributed by atoms with Crippen LogP contribution in [0.3, 0.4) is 0 Å². The molecule has 1 rings (SSSR count). The monoisotopic (exact) mass is 263 g/mol. The molecule has 1 atom stereocenters. The van der Waals surface area contributed by atoms with Crippen molar-refractivity contribution >= 4 is 0 Å². The predicted molar refractivity (Wildman–Crippen MR) is 82.9 cm³/mol. The molecule has 1 aromatic carbocycles. The Hall–Kier alpha value is -1.02. The smallest absolute Gasteiger partial charge is 0.119 e. The molecule has 1 aromatic rings. The van der Waals surface area contributed by atoms with Crippen LogP contribution in [-0.2, 0) is 6.42 Å². The van der Waals surface area contributed by atoms with Crippen molar-refractivity contribution in [3.05, 3.63) is 29.8 Å². The van der Waals surface area contributed by atoms with Gasteiger partial charge in [0.1, 0.15) is 5.75 Å². The molecule has 2 nitrogen and oxygen atoms in total. The minimum Gasteiger partial charge on any atom is -0.494 e. The highest BCUT2D eigenvalue weighted by Gasteiger charge is 2.03. The highest BCUT2D eigenvalue weighted by molar-refractivity contribution is 5.27. The molecular formula is C17H29NO. The molecule has 108 valence electrons. The van der Waals surface area contributed by atoms with E-state index in [0.29, 0.717) is 6.04 Å². The van der Waals surface area contributed by atoms with Crippen LogP contribution in [0.15, 0.2) is 24.3 Å². The number of benzene rings is 1. The van der Waals surface area contributed by atoms with E-state index in [2.05, 4.69) is 50.4 Å². The van der Waals surface area contributed by atoms with Crippen LogP contribution < -0.4 is 10.1 Å². The van der Waals surface area contributed by atoms with Crippen LogP contribution in [0.2, 0.25) is 0 Å². The summed E-state index contributed by atoms with van der Waals surface area (Å²) in [6.07, 6.45) is 3.68. The fourth-order valence-corrected chi connectivity index (χ4v) is 2.09. The van der Waals surface area contributed by atoms with Gasteiger partial charge in [-0.2, -0.15) is 0 Å². The highest BCUT2D eigenvalue weighted by atomic mass is 16.5. The fourth-order valence-electron chi connectivity index (χ4n) is 2.09. The summed E-state index contributed by atoms with van der Waals surface area (Å²) >= 11 is 0. The van der Waals surface area contributed by atoms with Crippen molar-refractivity contribution in [2.75, 3.05) is 13.2 Å². The van der Waals surface area contributed by atoms with Gasteiger partial charge in [-0.25, -0.2) is 0 Å². The molecule has 0 fully saturated rings. The molecule has 0 amide bonds. The van der Waals surface area contributed by atoms with Gasteiger partial charge in [0.2, 0.25) is 0 Å². The SMILES string of the molecule is CCOc1ccc(CCC(C)CCNC(C)C)cc1. The van der Waals surface area contributed by atoms with Crippen LogP contribution >= 0.6 is 0 Å². The molecule has 0 bridgehead atoms. The Morgan fingerprint density at radius 3 is 2.32 bits per heavy atom. The molecule has 0 aliphatic carbocycles. The third kappa shape index (κ3) is 7.22. The average molecular weight is 263 g/mol. The number of nitrogens with one attached hydrogen (secondary N) is 1. The Morgan fingerprint density at radius 1 is 1.05 bits per heavy atom. The molecule has 0 spiro atoms. The van der Waals surface area contributed by atoms with E-state index < -0.39 is 0 Å². The standard InChI is InChI=1S/C17H29NO/c1-5-19-17-10-8-16(9-11-17)7-6-15(4)12-13-18-14(2)3/h8-11,14-15,18H,5-7,12-13H2,1-4H3. The van der Waals surface area contributed by atoms with E-state index in [1.807, 2.05) is 6.92 Å². The average Bonchev–Trinajstić information content (AvgIpc) is 2.38. The van der Waals surface area contributed by atoms with E-state index in [0.717, 1.165) is 31.2 Å². The maximum atomic E-state index is 5.45. The summed E-state index contributed by atoms with van der Waals surface area (Å²) in [5, 5.41) is 3.48. The van der Waals surface area contributed by atoms with Crippen LogP contribution in [0.1, 0.15) is 46.1 Å². The third-order valence-corrected chi connectivity index (χ3v) is 3.35. The Kier molecular flexibility index (Phi) is 7.57. The maximum Gasteiger partial charge on any atom is 0.119 e. The largest absolute Gasteiger partial charge is 0.494 e. The van der Waals surface area contributed by atoms with E-state index in [1.54, 1.807) is 0 Å². The first-order chi connectivity index (χ1) is 9.11. The molecular weight excluding hydrogens is 234 g/mol. The van der Waals surface area contributed by atoms with Crippen molar-refractivity contribution in [1.29, 1.82) is 0 Å². The van der Waals surface area contributed by atoms with E-state index in [4.69, 9.17) is 4.74 Å². The zero-order valence-electron chi connectivity index (χ0n) is 12.9. The van der Waals surface area contributed by atoms with Crippen molar-refractivity contribution in [2.24, 2.45) is 5.92 Å². The summed E-state index contributed by atoms with van der Waals surface area (Å²) in [6, 6.07) is 9.11. The third-order valence-electron chi connectivity index (χ3n) is 3.35. The number of rotatable bonds is 9. The molecule has 0 saturated carbocycles. The first kappa shape index (κ1) is 16.0. The predicted octanol–water partition coefficient (Wildman–Crippen LogP) is 4.04. The summed E-state index contributed by atoms with van der Waals surface area (Å²) in [5.74, 6) is 1.75. The second kappa shape index (κ2) is 8.98. The van der Waals surface area contributed by atoms with Crippen LogP contribution in [-0.4, -0.2) is 19.2 Å². The maximum absolute atomic E-state index is 5.45. The summed E-state index contributed by atoms with van der Waals surface area (Å²) < 4.78 is 5.45. The molecule has 0 saturated heterocycles. The van der Waals surface area contributed by atoms with Gasteiger partial charge >= 0.3 is 0 Å². The van der Waals surface area contributed by atoms with Crippen molar-refractivity contribution < 1.29 is 4.74 Å². The van der Waals surface area contributed by atoms with E-state index >= 15 is 0 Å². The summed E-state index contributed by atoms with van der Waals surface area (Å²) in [5.41, 5.74) is 1.41. The molecule has 1 N–H and O–H groups in total. The molecule has 19 heavy (non-hydrogen) atoms. The van der Waals surface area contributed by atoms with Crippen LogP contribution in [0.5, 0.6) is 5.75 Å². The van der Waals surface area contributed by atoms with Gasteiger partial charge in [0.25, 0.3) is 0 Å². The first-order valence-corrected chi connectivity index (χ1v) is 7.57. The number of hydrogen-bond acceptors (Lipinski definition) is 2. The minimum absolute atomic E-state index is 0.596. The van der Waals surface area contributed by atoms with Crippen LogP contribution in [0, 0.1) is 5.92 Å². The van der Waals surface area contributed by atoms with Crippen molar-refractivity contribution in [3.8, 4) is 5.75 Å². The second-order valence-electron chi connectivity index (χ2n) is 5.62. The highest BCUT2D eigenvalue weighted by Crippen LogP contribution is 2.16. The lowest BCUT2D eigenvalue weighted by Crippen LogP contribution is -2.24. The lowest BCUT2D eigenvalue weighted by molar-refractivity contribution is 0.340. The first-order valence-electron chi connectivity index (χ1n) is 7.57. The molecule has 0 radical (unpaired) electrons. The second-order valence-corrected chi connectivity index (χ2v) is 5.62. The quantitative estimate of drug-likeness (QED) is 0.726. The normalized spacial score (nSPS) is 12.7. The van der Waals surface area contributed by atoms with E-state index in [1.165, 1.54) is 18.4 Å². The minimum atomic E-state index is 0.596. The Labute approximate surface area is 118 Å². The topological polar surface area (TPSA) is 21.3 Å². The van der Waals surface area contributed by atoms with Gasteiger partial charge in [-0.05, 0) is 56.3 Å². The van der Waals surface area contributed by atoms with Crippen LogP contribution in [0.4, 0.5) is 0 Å². The van der Waals surface area contributed by atoms with Gasteiger partial charge in [0.15, 0.2) is 0 Å². The van der Waals surface area contributed by atoms with E-state index in [9.17, 15) is 0 Å². The molecule has 2 heteroatoms. The van der Waals surface area contributed by atoms with E-state index in [-0.39, 0.29) is 0 Å². The fraction of sp³-hybridized carbons (Fsp3) is 0.647. The molecule has 0 aliphatic rings. The lowest BCUT2D eigenvalue weighted by atomic mass is 9.98. The van der Waals surface area contributed by atoms with Gasteiger partial charge in [-0.3, -0.25) is 0 Å². The van der Waals surface area contributed by atoms with Gasteiger partial charge in [-0.15, -0.1) is 0 Å². The Bertz CT molecular complexity index is 332. The van der Waals surface area contributed by atoms with Gasteiger partial charge in [0.05, 0.1) is 6.61 Å². The molecule has 0 aliphatic heterocycles. The van der Waals surface area contributed by atoms with Crippen molar-refractivity contribution in [1.82, 2.24) is 5.32 Å². The molecule has 1 unspecified atom stereocenters. The molecule has 0 aromatic heterocycles.